The van der Waals surface area contributed by atoms with E-state index in [0.29, 0.717) is 44.9 Å². The summed E-state index contributed by atoms with van der Waals surface area (Å²) in [5, 5.41) is 7.42. The molecule has 4 rings (SSSR count). The monoisotopic (exact) mass is 453 g/mol. The van der Waals surface area contributed by atoms with Gasteiger partial charge in [-0.2, -0.15) is 5.10 Å². The minimum absolute atomic E-state index is 0.0362. The van der Waals surface area contributed by atoms with E-state index in [1.807, 2.05) is 30.9 Å². The third kappa shape index (κ3) is 5.54. The predicted molar refractivity (Wildman–Crippen MR) is 125 cm³/mol. The van der Waals surface area contributed by atoms with E-state index < -0.39 is 5.41 Å². The van der Waals surface area contributed by atoms with E-state index in [2.05, 4.69) is 27.5 Å². The highest BCUT2D eigenvalue weighted by molar-refractivity contribution is 5.83. The summed E-state index contributed by atoms with van der Waals surface area (Å²) in [4.78, 5) is 32.3. The van der Waals surface area contributed by atoms with Crippen LogP contribution in [0.4, 0.5) is 0 Å². The molecule has 0 unspecified atom stereocenters. The number of ether oxygens (including phenoxy) is 1. The Morgan fingerprint density at radius 3 is 2.67 bits per heavy atom. The van der Waals surface area contributed by atoms with Gasteiger partial charge in [-0.15, -0.1) is 0 Å². The number of carbonyl (C=O) groups is 2. The van der Waals surface area contributed by atoms with Gasteiger partial charge >= 0.3 is 0 Å². The molecule has 2 aliphatic rings. The lowest BCUT2D eigenvalue weighted by molar-refractivity contribution is -0.141. The standard InChI is InChI=1S/C25H35N5O3/c1-19-27-20(2)30(28-19)18-23(31)29-15-12-25(13-16-29)11-7-3-4-8-21-9-5-6-10-22(21)33-17-14-26-24(25)32/h5-6,9-10H,3-4,7-8,11-18H2,1-2H3,(H,26,32). The van der Waals surface area contributed by atoms with Gasteiger partial charge in [0.05, 0.1) is 12.0 Å². The molecule has 0 saturated carbocycles. The average molecular weight is 454 g/mol. The Hall–Kier alpha value is -2.90. The highest BCUT2D eigenvalue weighted by Crippen LogP contribution is 2.37. The number of likely N-dealkylation sites (tertiary alicyclic amines) is 1. The summed E-state index contributed by atoms with van der Waals surface area (Å²) in [6, 6.07) is 8.18. The van der Waals surface area contributed by atoms with Gasteiger partial charge in [0, 0.05) is 13.1 Å². The first-order valence-corrected chi connectivity index (χ1v) is 12.1. The van der Waals surface area contributed by atoms with Gasteiger partial charge in [-0.25, -0.2) is 9.67 Å². The van der Waals surface area contributed by atoms with Crippen molar-refractivity contribution in [3.05, 3.63) is 41.5 Å². The molecule has 2 aromatic rings. The van der Waals surface area contributed by atoms with Crippen LogP contribution in [0.25, 0.3) is 0 Å². The third-order valence-corrected chi connectivity index (χ3v) is 7.02. The molecule has 1 spiro atoms. The lowest BCUT2D eigenvalue weighted by atomic mass is 9.73. The first-order chi connectivity index (χ1) is 16.0. The fourth-order valence-electron chi connectivity index (χ4n) is 5.03. The second-order valence-corrected chi connectivity index (χ2v) is 9.30. The van der Waals surface area contributed by atoms with Crippen LogP contribution in [-0.2, 0) is 22.6 Å². The van der Waals surface area contributed by atoms with Crippen LogP contribution in [0, 0.1) is 19.3 Å². The number of aromatic nitrogens is 3. The zero-order valence-corrected chi connectivity index (χ0v) is 19.8. The van der Waals surface area contributed by atoms with Crippen molar-refractivity contribution in [2.45, 2.75) is 65.3 Å². The van der Waals surface area contributed by atoms with Gasteiger partial charge in [0.1, 0.15) is 30.5 Å². The molecule has 1 saturated heterocycles. The number of piperidine rings is 1. The topological polar surface area (TPSA) is 89.4 Å². The zero-order valence-electron chi connectivity index (χ0n) is 19.8. The summed E-state index contributed by atoms with van der Waals surface area (Å²) < 4.78 is 7.62. The third-order valence-electron chi connectivity index (χ3n) is 7.02. The molecule has 8 heteroatoms. The molecule has 0 bridgehead atoms. The van der Waals surface area contributed by atoms with Crippen molar-refractivity contribution < 1.29 is 14.3 Å². The molecule has 1 aromatic carbocycles. The fraction of sp³-hybridized carbons (Fsp3) is 0.600. The van der Waals surface area contributed by atoms with Crippen molar-refractivity contribution in [2.24, 2.45) is 5.41 Å². The molecule has 33 heavy (non-hydrogen) atoms. The molecule has 8 nitrogen and oxygen atoms in total. The number of amides is 2. The van der Waals surface area contributed by atoms with Crippen LogP contribution in [-0.4, -0.2) is 57.7 Å². The molecule has 2 aliphatic heterocycles. The van der Waals surface area contributed by atoms with E-state index in [9.17, 15) is 9.59 Å². The number of nitrogens with zero attached hydrogens (tertiary/aromatic N) is 4. The Morgan fingerprint density at radius 2 is 1.91 bits per heavy atom. The molecule has 1 N–H and O–H groups in total. The van der Waals surface area contributed by atoms with Gasteiger partial charge in [0.15, 0.2) is 0 Å². The van der Waals surface area contributed by atoms with E-state index in [4.69, 9.17) is 4.74 Å². The van der Waals surface area contributed by atoms with Gasteiger partial charge in [-0.1, -0.05) is 31.0 Å². The first kappa shape index (κ1) is 23.3. The summed E-state index contributed by atoms with van der Waals surface area (Å²) in [6.45, 7) is 6.03. The molecule has 0 atom stereocenters. The van der Waals surface area contributed by atoms with E-state index >= 15 is 0 Å². The molecule has 2 amide bonds. The van der Waals surface area contributed by atoms with Crippen LogP contribution < -0.4 is 10.1 Å². The SMILES string of the molecule is Cc1nc(C)n(CC(=O)N2CCC3(CCCCCc4ccccc4OCCNC3=O)CC2)n1. The maximum Gasteiger partial charge on any atom is 0.244 e. The lowest BCUT2D eigenvalue weighted by Crippen LogP contribution is -2.51. The van der Waals surface area contributed by atoms with Crippen LogP contribution in [0.1, 0.15) is 55.7 Å². The van der Waals surface area contributed by atoms with E-state index in [1.54, 1.807) is 4.68 Å². The Labute approximate surface area is 195 Å². The predicted octanol–water partition coefficient (Wildman–Crippen LogP) is 2.82. The molecular weight excluding hydrogens is 418 g/mol. The lowest BCUT2D eigenvalue weighted by Gasteiger charge is -2.41. The minimum Gasteiger partial charge on any atom is -0.491 e. The Balaban J connectivity index is 1.37. The van der Waals surface area contributed by atoms with Crippen molar-refractivity contribution in [3.63, 3.8) is 0 Å². The minimum atomic E-state index is -0.405. The number of para-hydroxylation sites is 1. The largest absolute Gasteiger partial charge is 0.491 e. The zero-order chi connectivity index (χ0) is 23.3. The van der Waals surface area contributed by atoms with Gasteiger partial charge < -0.3 is 15.0 Å². The quantitative estimate of drug-likeness (QED) is 0.755. The number of aryl methyl sites for hydroxylation is 3. The van der Waals surface area contributed by atoms with Gasteiger partial charge in [-0.05, 0) is 57.6 Å². The highest BCUT2D eigenvalue weighted by atomic mass is 16.5. The first-order valence-electron chi connectivity index (χ1n) is 12.1. The summed E-state index contributed by atoms with van der Waals surface area (Å²) in [5.41, 5.74) is 0.833. The number of hydrogen-bond acceptors (Lipinski definition) is 5. The van der Waals surface area contributed by atoms with Crippen molar-refractivity contribution in [3.8, 4) is 5.75 Å². The highest BCUT2D eigenvalue weighted by Gasteiger charge is 2.41. The van der Waals surface area contributed by atoms with Crippen LogP contribution in [0.5, 0.6) is 5.75 Å². The number of nitrogens with one attached hydrogen (secondary N) is 1. The smallest absolute Gasteiger partial charge is 0.244 e. The summed E-state index contributed by atoms with van der Waals surface area (Å²) >= 11 is 0. The maximum absolute atomic E-state index is 13.3. The number of carbonyl (C=O) groups excluding carboxylic acids is 2. The molecular formula is C25H35N5O3. The van der Waals surface area contributed by atoms with Gasteiger partial charge in [0.25, 0.3) is 0 Å². The molecule has 178 valence electrons. The van der Waals surface area contributed by atoms with Crippen molar-refractivity contribution in [1.29, 1.82) is 0 Å². The number of hydrogen-bond donors (Lipinski definition) is 1. The Bertz CT molecular complexity index is 978. The van der Waals surface area contributed by atoms with Crippen molar-refractivity contribution in [1.82, 2.24) is 25.0 Å². The summed E-state index contributed by atoms with van der Waals surface area (Å²) in [7, 11) is 0. The summed E-state index contributed by atoms with van der Waals surface area (Å²) in [6.07, 6.45) is 6.43. The fourth-order valence-corrected chi connectivity index (χ4v) is 5.03. The summed E-state index contributed by atoms with van der Waals surface area (Å²) in [5.74, 6) is 2.48. The second-order valence-electron chi connectivity index (χ2n) is 9.30. The van der Waals surface area contributed by atoms with Crippen LogP contribution >= 0.6 is 0 Å². The van der Waals surface area contributed by atoms with Crippen molar-refractivity contribution in [2.75, 3.05) is 26.2 Å². The number of benzene rings is 1. The van der Waals surface area contributed by atoms with Crippen LogP contribution in [0.3, 0.4) is 0 Å². The van der Waals surface area contributed by atoms with Gasteiger partial charge in [-0.3, -0.25) is 9.59 Å². The van der Waals surface area contributed by atoms with Crippen molar-refractivity contribution >= 4 is 11.8 Å². The average Bonchev–Trinajstić information content (AvgIpc) is 3.13. The van der Waals surface area contributed by atoms with E-state index in [1.165, 1.54) is 5.56 Å². The number of fused-ring (bicyclic) bond motifs is 1. The molecule has 1 aromatic heterocycles. The van der Waals surface area contributed by atoms with E-state index in [0.717, 1.165) is 43.7 Å². The normalized spacial score (nSPS) is 19.5. The van der Waals surface area contributed by atoms with Crippen LogP contribution in [0.2, 0.25) is 0 Å². The van der Waals surface area contributed by atoms with E-state index in [-0.39, 0.29) is 18.4 Å². The Kier molecular flexibility index (Phi) is 7.30. The second kappa shape index (κ2) is 10.4. The molecule has 1 fully saturated rings. The van der Waals surface area contributed by atoms with Gasteiger partial charge in [0.2, 0.25) is 11.8 Å². The van der Waals surface area contributed by atoms with Crippen LogP contribution in [0.15, 0.2) is 24.3 Å². The molecule has 0 radical (unpaired) electrons. The Morgan fingerprint density at radius 1 is 1.12 bits per heavy atom. The number of rotatable bonds is 2. The maximum atomic E-state index is 13.3. The molecule has 3 heterocycles. The molecule has 0 aliphatic carbocycles.